The largest absolute Gasteiger partial charge is 0.416 e. The minimum absolute atomic E-state index is 0.0714. The zero-order valence-electron chi connectivity index (χ0n) is 15.1. The van der Waals surface area contributed by atoms with Crippen LogP contribution in [-0.4, -0.2) is 11.9 Å². The summed E-state index contributed by atoms with van der Waals surface area (Å²) in [6.07, 6.45) is -4.51. The molecular formula is C17H24Cl2F3N3. The van der Waals surface area contributed by atoms with Crippen molar-refractivity contribution >= 4 is 34.7 Å². The molecule has 25 heavy (non-hydrogen) atoms. The summed E-state index contributed by atoms with van der Waals surface area (Å²) in [4.78, 5) is 4.66. The van der Waals surface area contributed by atoms with Gasteiger partial charge in [0.25, 0.3) is 0 Å². The van der Waals surface area contributed by atoms with Crippen molar-refractivity contribution in [1.29, 1.82) is 0 Å². The number of hydrogen-bond acceptors (Lipinski definition) is 2. The summed E-state index contributed by atoms with van der Waals surface area (Å²) < 4.78 is 38.4. The average Bonchev–Trinajstić information content (AvgIpc) is 2.42. The Bertz CT molecular complexity index is 612. The van der Waals surface area contributed by atoms with Gasteiger partial charge in [0.1, 0.15) is 5.84 Å². The molecule has 0 fully saturated rings. The van der Waals surface area contributed by atoms with Gasteiger partial charge in [-0.15, -0.1) is 0 Å². The third-order valence-electron chi connectivity index (χ3n) is 3.68. The predicted octanol–water partition coefficient (Wildman–Crippen LogP) is 6.42. The van der Waals surface area contributed by atoms with Gasteiger partial charge in [0, 0.05) is 5.41 Å². The van der Waals surface area contributed by atoms with Crippen molar-refractivity contribution in [3.8, 4) is 0 Å². The van der Waals surface area contributed by atoms with Gasteiger partial charge in [-0.05, 0) is 25.0 Å². The van der Waals surface area contributed by atoms with Gasteiger partial charge in [0.2, 0.25) is 0 Å². The maximum absolute atomic E-state index is 12.8. The van der Waals surface area contributed by atoms with Crippen molar-refractivity contribution in [3.63, 3.8) is 0 Å². The molecule has 0 aliphatic carbocycles. The molecule has 0 aliphatic rings. The number of amidine groups is 1. The first kappa shape index (κ1) is 21.9. The molecular weight excluding hydrogens is 374 g/mol. The maximum Gasteiger partial charge on any atom is 0.416 e. The summed E-state index contributed by atoms with van der Waals surface area (Å²) in [6.45, 7) is 12.0. The van der Waals surface area contributed by atoms with Crippen LogP contribution in [0.25, 0.3) is 0 Å². The number of aliphatic imine (C=N–C) groups is 1. The average molecular weight is 398 g/mol. The molecule has 0 saturated carbocycles. The monoisotopic (exact) mass is 397 g/mol. The SMILES string of the molecule is CC(C)C(C)N=C(NNc1c(Cl)cc(C(F)(F)F)cc1Cl)C(C)(C)C. The fourth-order valence-electron chi connectivity index (χ4n) is 1.74. The predicted molar refractivity (Wildman–Crippen MR) is 99.4 cm³/mol. The molecule has 0 amide bonds. The van der Waals surface area contributed by atoms with Crippen LogP contribution in [0.4, 0.5) is 18.9 Å². The Morgan fingerprint density at radius 3 is 1.88 bits per heavy atom. The molecule has 3 nitrogen and oxygen atoms in total. The van der Waals surface area contributed by atoms with Crippen LogP contribution in [0.2, 0.25) is 10.0 Å². The van der Waals surface area contributed by atoms with Crippen LogP contribution in [0.1, 0.15) is 47.1 Å². The number of rotatable bonds is 4. The minimum Gasteiger partial charge on any atom is -0.297 e. The Kier molecular flexibility index (Phi) is 7.04. The highest BCUT2D eigenvalue weighted by Crippen LogP contribution is 2.38. The first-order valence-electron chi connectivity index (χ1n) is 7.90. The molecule has 0 aromatic heterocycles. The van der Waals surface area contributed by atoms with Crippen molar-refractivity contribution in [3.05, 3.63) is 27.7 Å². The van der Waals surface area contributed by atoms with E-state index >= 15 is 0 Å². The smallest absolute Gasteiger partial charge is 0.297 e. The van der Waals surface area contributed by atoms with E-state index in [4.69, 9.17) is 23.2 Å². The lowest BCUT2D eigenvalue weighted by Gasteiger charge is -2.26. The normalized spacial score (nSPS) is 14.6. The van der Waals surface area contributed by atoms with Gasteiger partial charge in [-0.3, -0.25) is 15.8 Å². The van der Waals surface area contributed by atoms with Gasteiger partial charge in [-0.2, -0.15) is 13.2 Å². The Morgan fingerprint density at radius 1 is 1.04 bits per heavy atom. The molecule has 1 unspecified atom stereocenters. The van der Waals surface area contributed by atoms with E-state index in [0.717, 1.165) is 12.1 Å². The number of hydrogen-bond donors (Lipinski definition) is 2. The second kappa shape index (κ2) is 8.04. The number of anilines is 1. The van der Waals surface area contributed by atoms with Gasteiger partial charge in [-0.25, -0.2) is 0 Å². The number of nitrogens with zero attached hydrogens (tertiary/aromatic N) is 1. The highest BCUT2D eigenvalue weighted by Gasteiger charge is 2.32. The van der Waals surface area contributed by atoms with Crippen LogP contribution in [-0.2, 0) is 6.18 Å². The molecule has 0 bridgehead atoms. The number of alkyl halides is 3. The highest BCUT2D eigenvalue weighted by atomic mass is 35.5. The van der Waals surface area contributed by atoms with Crippen LogP contribution in [0.15, 0.2) is 17.1 Å². The quantitative estimate of drug-likeness (QED) is 0.349. The van der Waals surface area contributed by atoms with Crippen LogP contribution in [0.5, 0.6) is 0 Å². The standard InChI is InChI=1S/C17H24Cl2F3N3/c1-9(2)10(3)23-15(16(4,5)6)25-24-14-12(18)7-11(8-13(14)19)17(20,21)22/h7-10,24H,1-6H3,(H,23,25). The van der Waals surface area contributed by atoms with Crippen molar-refractivity contribution < 1.29 is 13.2 Å². The number of hydrazine groups is 1. The fraction of sp³-hybridized carbons (Fsp3) is 0.588. The second-order valence-electron chi connectivity index (χ2n) is 7.27. The summed E-state index contributed by atoms with van der Waals surface area (Å²) in [5.41, 5.74) is 4.72. The van der Waals surface area contributed by atoms with Gasteiger partial charge in [0.15, 0.2) is 0 Å². The molecule has 1 aromatic carbocycles. The second-order valence-corrected chi connectivity index (χ2v) is 8.09. The minimum atomic E-state index is -4.51. The topological polar surface area (TPSA) is 36.4 Å². The lowest BCUT2D eigenvalue weighted by Crippen LogP contribution is -2.40. The summed E-state index contributed by atoms with van der Waals surface area (Å²) in [6, 6.07) is 1.74. The summed E-state index contributed by atoms with van der Waals surface area (Å²) in [5, 5.41) is -0.255. The van der Waals surface area contributed by atoms with Gasteiger partial charge < -0.3 is 0 Å². The van der Waals surface area contributed by atoms with Gasteiger partial charge in [-0.1, -0.05) is 57.8 Å². The van der Waals surface area contributed by atoms with Crippen LogP contribution < -0.4 is 10.9 Å². The fourth-order valence-corrected chi connectivity index (χ4v) is 2.33. The van der Waals surface area contributed by atoms with Crippen molar-refractivity contribution in [2.24, 2.45) is 16.3 Å². The van der Waals surface area contributed by atoms with Crippen LogP contribution in [0.3, 0.4) is 0 Å². The number of benzene rings is 1. The zero-order valence-corrected chi connectivity index (χ0v) is 16.7. The van der Waals surface area contributed by atoms with Crippen LogP contribution in [0, 0.1) is 11.3 Å². The summed E-state index contributed by atoms with van der Waals surface area (Å²) in [5.74, 6) is 0.998. The Balaban J connectivity index is 3.09. The molecule has 1 rings (SSSR count). The molecule has 0 heterocycles. The van der Waals surface area contributed by atoms with Gasteiger partial charge >= 0.3 is 6.18 Å². The van der Waals surface area contributed by atoms with E-state index < -0.39 is 11.7 Å². The third-order valence-corrected chi connectivity index (χ3v) is 4.28. The van der Waals surface area contributed by atoms with Gasteiger partial charge in [0.05, 0.1) is 27.3 Å². The first-order valence-corrected chi connectivity index (χ1v) is 8.65. The maximum atomic E-state index is 12.8. The van der Waals surface area contributed by atoms with E-state index in [9.17, 15) is 13.2 Å². The lowest BCUT2D eigenvalue weighted by atomic mass is 9.94. The molecule has 2 N–H and O–H groups in total. The Morgan fingerprint density at radius 2 is 1.52 bits per heavy atom. The Hall–Kier alpha value is -1.14. The summed E-state index contributed by atoms with van der Waals surface area (Å²) in [7, 11) is 0. The number of nitrogens with one attached hydrogen (secondary N) is 2. The molecule has 0 saturated heterocycles. The van der Waals surface area contributed by atoms with Crippen molar-refractivity contribution in [1.82, 2.24) is 5.43 Å². The van der Waals surface area contributed by atoms with Crippen molar-refractivity contribution in [2.45, 2.75) is 53.8 Å². The molecule has 1 atom stereocenters. The molecule has 0 radical (unpaired) electrons. The zero-order chi connectivity index (χ0) is 19.6. The molecule has 8 heteroatoms. The van der Waals surface area contributed by atoms with Crippen LogP contribution >= 0.6 is 23.2 Å². The van der Waals surface area contributed by atoms with Crippen molar-refractivity contribution in [2.75, 3.05) is 5.43 Å². The molecule has 0 spiro atoms. The highest BCUT2D eigenvalue weighted by molar-refractivity contribution is 6.39. The molecule has 0 aliphatic heterocycles. The lowest BCUT2D eigenvalue weighted by molar-refractivity contribution is -0.137. The molecule has 1 aromatic rings. The Labute approximate surface area is 157 Å². The van der Waals surface area contributed by atoms with E-state index in [-0.39, 0.29) is 27.2 Å². The first-order chi connectivity index (χ1) is 11.2. The molecule has 142 valence electrons. The van der Waals surface area contributed by atoms with E-state index in [1.165, 1.54) is 0 Å². The number of halogens is 5. The third kappa shape index (κ3) is 6.26. The summed E-state index contributed by atoms with van der Waals surface area (Å²) >= 11 is 11.9. The van der Waals surface area contributed by atoms with E-state index in [0.29, 0.717) is 11.8 Å². The van der Waals surface area contributed by atoms with E-state index in [1.54, 1.807) is 0 Å². The van der Waals surface area contributed by atoms with E-state index in [1.807, 2.05) is 27.7 Å². The van der Waals surface area contributed by atoms with E-state index in [2.05, 4.69) is 29.7 Å².